The minimum Gasteiger partial charge on any atom is -0.380 e. The molecule has 21 heavy (non-hydrogen) atoms. The molecule has 0 aromatic heterocycles. The third kappa shape index (κ3) is 3.59. The van der Waals surface area contributed by atoms with E-state index in [2.05, 4.69) is 5.32 Å². The molecule has 2 unspecified atom stereocenters. The van der Waals surface area contributed by atoms with Gasteiger partial charge in [-0.3, -0.25) is 0 Å². The molecule has 2 rings (SSSR count). The van der Waals surface area contributed by atoms with E-state index in [9.17, 15) is 17.2 Å². The maximum atomic E-state index is 13.8. The molecule has 0 aliphatic carbocycles. The molecule has 1 aromatic rings. The smallest absolute Gasteiger partial charge is 0.187 e. The predicted molar refractivity (Wildman–Crippen MR) is 74.8 cm³/mol. The van der Waals surface area contributed by atoms with Crippen molar-refractivity contribution in [1.29, 1.82) is 0 Å². The maximum Gasteiger partial charge on any atom is 0.187 e. The Morgan fingerprint density at radius 3 is 2.81 bits per heavy atom. The van der Waals surface area contributed by atoms with Crippen molar-refractivity contribution >= 4 is 9.84 Å². The van der Waals surface area contributed by atoms with E-state index in [1.54, 1.807) is 0 Å². The molecule has 1 aliphatic heterocycles. The number of ether oxygens (including phenoxy) is 1. The van der Waals surface area contributed by atoms with Gasteiger partial charge in [0, 0.05) is 18.7 Å². The van der Waals surface area contributed by atoms with Crippen LogP contribution in [0.5, 0.6) is 0 Å². The first kappa shape index (κ1) is 16.3. The number of benzene rings is 1. The van der Waals surface area contributed by atoms with Crippen molar-refractivity contribution in [2.24, 2.45) is 0 Å². The number of halogens is 2. The highest BCUT2D eigenvalue weighted by molar-refractivity contribution is 7.92. The van der Waals surface area contributed by atoms with Gasteiger partial charge in [-0.25, -0.2) is 17.2 Å². The average Bonchev–Trinajstić information content (AvgIpc) is 2.45. The fourth-order valence-corrected chi connectivity index (χ4v) is 4.30. The molecular formula is C14H19F2NO3S. The summed E-state index contributed by atoms with van der Waals surface area (Å²) in [6.45, 7) is 3.15. The molecule has 1 heterocycles. The Morgan fingerprint density at radius 2 is 2.14 bits per heavy atom. The first-order valence-electron chi connectivity index (χ1n) is 6.97. The van der Waals surface area contributed by atoms with Crippen molar-refractivity contribution in [2.75, 3.05) is 19.8 Å². The molecule has 118 valence electrons. The van der Waals surface area contributed by atoms with Gasteiger partial charge in [0.05, 0.1) is 6.61 Å². The van der Waals surface area contributed by atoms with E-state index < -0.39 is 31.6 Å². The summed E-state index contributed by atoms with van der Waals surface area (Å²) in [4.78, 5) is -0.470. The number of sulfone groups is 1. The molecule has 4 nitrogen and oxygen atoms in total. The Kier molecular flexibility index (Phi) is 5.29. The second-order valence-corrected chi connectivity index (χ2v) is 7.22. The van der Waals surface area contributed by atoms with Crippen LogP contribution in [-0.4, -0.2) is 39.5 Å². The second kappa shape index (κ2) is 6.81. The van der Waals surface area contributed by atoms with E-state index in [0.29, 0.717) is 25.6 Å². The molecule has 0 bridgehead atoms. The normalized spacial score (nSPS) is 23.2. The lowest BCUT2D eigenvalue weighted by molar-refractivity contribution is 0.0807. The van der Waals surface area contributed by atoms with Crippen LogP contribution >= 0.6 is 0 Å². The molecule has 0 radical (unpaired) electrons. The lowest BCUT2D eigenvalue weighted by Gasteiger charge is -2.32. The van der Waals surface area contributed by atoms with Crippen LogP contribution in [0, 0.1) is 11.6 Å². The highest BCUT2D eigenvalue weighted by Gasteiger charge is 2.38. The van der Waals surface area contributed by atoms with Crippen LogP contribution in [0.1, 0.15) is 19.8 Å². The Labute approximate surface area is 123 Å². The van der Waals surface area contributed by atoms with Crippen molar-refractivity contribution in [1.82, 2.24) is 5.32 Å². The standard InChI is InChI=1S/C14H19F2NO3S/c1-2-6-17-12-5-7-20-9-14(12)21(18,19)13-4-3-10(15)8-11(13)16/h3-4,8,12,14,17H,2,5-7,9H2,1H3. The minimum absolute atomic E-state index is 0.0144. The van der Waals surface area contributed by atoms with Crippen molar-refractivity contribution in [3.05, 3.63) is 29.8 Å². The summed E-state index contributed by atoms with van der Waals surface area (Å²) in [6.07, 6.45) is 1.42. The summed E-state index contributed by atoms with van der Waals surface area (Å²) in [7, 11) is -3.92. The Balaban J connectivity index is 2.31. The molecule has 0 saturated carbocycles. The maximum absolute atomic E-state index is 13.8. The van der Waals surface area contributed by atoms with Crippen LogP contribution in [0.2, 0.25) is 0 Å². The van der Waals surface area contributed by atoms with Crippen molar-refractivity contribution in [2.45, 2.75) is 36.0 Å². The number of hydrogen-bond acceptors (Lipinski definition) is 4. The summed E-state index contributed by atoms with van der Waals surface area (Å²) in [5.41, 5.74) is 0. The molecule has 7 heteroatoms. The van der Waals surface area contributed by atoms with Gasteiger partial charge in [0.2, 0.25) is 0 Å². The summed E-state index contributed by atoms with van der Waals surface area (Å²) in [5.74, 6) is -1.86. The summed E-state index contributed by atoms with van der Waals surface area (Å²) < 4.78 is 57.2. The van der Waals surface area contributed by atoms with E-state index in [0.717, 1.165) is 18.6 Å². The van der Waals surface area contributed by atoms with E-state index in [1.165, 1.54) is 0 Å². The SMILES string of the molecule is CCCNC1CCOCC1S(=O)(=O)c1ccc(F)cc1F. The largest absolute Gasteiger partial charge is 0.380 e. The van der Waals surface area contributed by atoms with Crippen LogP contribution in [0.15, 0.2) is 23.1 Å². The van der Waals surface area contributed by atoms with E-state index in [-0.39, 0.29) is 12.6 Å². The lowest BCUT2D eigenvalue weighted by Crippen LogP contribution is -2.50. The zero-order valence-electron chi connectivity index (χ0n) is 11.8. The molecule has 0 amide bonds. The first-order chi connectivity index (χ1) is 9.96. The summed E-state index contributed by atoms with van der Waals surface area (Å²) in [6, 6.07) is 2.23. The monoisotopic (exact) mass is 319 g/mol. The molecule has 1 aliphatic rings. The third-order valence-corrected chi connectivity index (χ3v) is 5.77. The van der Waals surface area contributed by atoms with E-state index in [1.807, 2.05) is 6.92 Å². The molecular weight excluding hydrogens is 300 g/mol. The van der Waals surface area contributed by atoms with Gasteiger partial charge in [0.25, 0.3) is 0 Å². The number of nitrogens with one attached hydrogen (secondary N) is 1. The van der Waals surface area contributed by atoms with Gasteiger partial charge in [0.15, 0.2) is 9.84 Å². The van der Waals surface area contributed by atoms with Crippen LogP contribution in [0.25, 0.3) is 0 Å². The highest BCUT2D eigenvalue weighted by atomic mass is 32.2. The van der Waals surface area contributed by atoms with Gasteiger partial charge >= 0.3 is 0 Å². The topological polar surface area (TPSA) is 55.4 Å². The molecule has 1 N–H and O–H groups in total. The fourth-order valence-electron chi connectivity index (χ4n) is 2.45. The first-order valence-corrected chi connectivity index (χ1v) is 8.51. The van der Waals surface area contributed by atoms with Gasteiger partial charge in [-0.2, -0.15) is 0 Å². The average molecular weight is 319 g/mol. The van der Waals surface area contributed by atoms with Crippen LogP contribution in [0.3, 0.4) is 0 Å². The molecule has 1 aromatic carbocycles. The highest BCUT2D eigenvalue weighted by Crippen LogP contribution is 2.25. The van der Waals surface area contributed by atoms with Crippen molar-refractivity contribution in [3.8, 4) is 0 Å². The quantitative estimate of drug-likeness (QED) is 0.842. The van der Waals surface area contributed by atoms with Crippen LogP contribution < -0.4 is 5.32 Å². The minimum atomic E-state index is -3.92. The molecule has 1 fully saturated rings. The van der Waals surface area contributed by atoms with Crippen molar-refractivity contribution in [3.63, 3.8) is 0 Å². The van der Waals surface area contributed by atoms with Gasteiger partial charge in [0.1, 0.15) is 21.8 Å². The van der Waals surface area contributed by atoms with Gasteiger partial charge in [-0.15, -0.1) is 0 Å². The number of hydrogen-bond donors (Lipinski definition) is 1. The Morgan fingerprint density at radius 1 is 1.38 bits per heavy atom. The summed E-state index contributed by atoms with van der Waals surface area (Å²) in [5, 5.41) is 2.31. The van der Waals surface area contributed by atoms with Gasteiger partial charge in [-0.1, -0.05) is 6.92 Å². The predicted octanol–water partition coefficient (Wildman–Crippen LogP) is 1.90. The van der Waals surface area contributed by atoms with Crippen molar-refractivity contribution < 1.29 is 21.9 Å². The fraction of sp³-hybridized carbons (Fsp3) is 0.571. The zero-order chi connectivity index (χ0) is 15.5. The molecule has 2 atom stereocenters. The van der Waals surface area contributed by atoms with Gasteiger partial charge in [-0.05, 0) is 31.5 Å². The van der Waals surface area contributed by atoms with Crippen LogP contribution in [-0.2, 0) is 14.6 Å². The zero-order valence-corrected chi connectivity index (χ0v) is 12.6. The lowest BCUT2D eigenvalue weighted by atomic mass is 10.1. The Bertz CT molecular complexity index is 592. The molecule has 0 spiro atoms. The summed E-state index contributed by atoms with van der Waals surface area (Å²) >= 11 is 0. The van der Waals surface area contributed by atoms with E-state index >= 15 is 0 Å². The van der Waals surface area contributed by atoms with Crippen LogP contribution in [0.4, 0.5) is 8.78 Å². The molecule has 1 saturated heterocycles. The van der Waals surface area contributed by atoms with Gasteiger partial charge < -0.3 is 10.1 Å². The second-order valence-electron chi connectivity index (χ2n) is 5.08. The van der Waals surface area contributed by atoms with E-state index in [4.69, 9.17) is 4.74 Å². The Hall–Kier alpha value is -1.05. The number of rotatable bonds is 5. The third-order valence-electron chi connectivity index (χ3n) is 3.56.